The van der Waals surface area contributed by atoms with Crippen LogP contribution in [0.5, 0.6) is 0 Å². The molecule has 1 atom stereocenters. The van der Waals surface area contributed by atoms with Crippen molar-refractivity contribution in [1.82, 2.24) is 10.2 Å². The zero-order valence-corrected chi connectivity index (χ0v) is 14.1. The molecule has 1 aromatic rings. The normalized spacial score (nSPS) is 22.0. The fraction of sp³-hybridized carbons (Fsp3) is 0.588. The minimum atomic E-state index is 0.120. The highest BCUT2D eigenvalue weighted by Gasteiger charge is 2.25. The lowest BCUT2D eigenvalue weighted by Crippen LogP contribution is -2.45. The first-order valence-corrected chi connectivity index (χ1v) is 9.30. The summed E-state index contributed by atoms with van der Waals surface area (Å²) in [6.45, 7) is 6.86. The van der Waals surface area contributed by atoms with Gasteiger partial charge in [0.15, 0.2) is 0 Å². The van der Waals surface area contributed by atoms with Gasteiger partial charge in [0, 0.05) is 49.9 Å². The molecule has 5 heteroatoms. The molecule has 2 aliphatic rings. The molecule has 0 bridgehead atoms. The third-order valence-corrected chi connectivity index (χ3v) is 5.52. The smallest absolute Gasteiger partial charge is 0.317 e. The number of rotatable bonds is 3. The van der Waals surface area contributed by atoms with Gasteiger partial charge in [-0.1, -0.05) is 18.2 Å². The Kier molecular flexibility index (Phi) is 5.13. The highest BCUT2D eigenvalue weighted by molar-refractivity contribution is 7.99. The number of aryl methyl sites for hydroxylation is 1. The van der Waals surface area contributed by atoms with E-state index in [9.17, 15) is 4.79 Å². The van der Waals surface area contributed by atoms with Crippen LogP contribution in [-0.2, 0) is 0 Å². The molecule has 4 nitrogen and oxygen atoms in total. The molecule has 1 aromatic carbocycles. The zero-order valence-electron chi connectivity index (χ0n) is 13.3. The van der Waals surface area contributed by atoms with Crippen molar-refractivity contribution in [2.75, 3.05) is 49.1 Å². The number of carbonyl (C=O) groups is 1. The molecule has 1 unspecified atom stereocenters. The second-order valence-corrected chi connectivity index (χ2v) is 7.40. The summed E-state index contributed by atoms with van der Waals surface area (Å²) in [5, 5.41) is 3.13. The van der Waals surface area contributed by atoms with Crippen molar-refractivity contribution >= 4 is 23.5 Å². The minimum Gasteiger partial charge on any atom is -0.371 e. The molecule has 2 fully saturated rings. The fourth-order valence-corrected chi connectivity index (χ4v) is 4.15. The summed E-state index contributed by atoms with van der Waals surface area (Å²) in [6.07, 6.45) is 1.16. The number of carbonyl (C=O) groups excluding carboxylic acids is 1. The quantitative estimate of drug-likeness (QED) is 0.930. The number of thioether (sulfide) groups is 1. The number of nitrogens with one attached hydrogen (secondary N) is 1. The van der Waals surface area contributed by atoms with Crippen molar-refractivity contribution in [2.45, 2.75) is 13.3 Å². The Morgan fingerprint density at radius 2 is 2.05 bits per heavy atom. The standard InChI is InChI=1S/C17H25N3OS/c1-14-4-2-3-5-16(14)20-7-6-15(13-20)12-18-17(21)19-8-10-22-11-9-19/h2-5,15H,6-13H2,1H3,(H,18,21). The average molecular weight is 319 g/mol. The number of amides is 2. The third kappa shape index (κ3) is 3.69. The number of hydrogen-bond acceptors (Lipinski definition) is 3. The monoisotopic (exact) mass is 319 g/mol. The van der Waals surface area contributed by atoms with Crippen LogP contribution in [0.4, 0.5) is 10.5 Å². The van der Waals surface area contributed by atoms with E-state index in [-0.39, 0.29) is 6.03 Å². The van der Waals surface area contributed by atoms with Crippen LogP contribution in [0.3, 0.4) is 0 Å². The van der Waals surface area contributed by atoms with Crippen LogP contribution in [0.1, 0.15) is 12.0 Å². The number of benzene rings is 1. The maximum Gasteiger partial charge on any atom is 0.317 e. The van der Waals surface area contributed by atoms with Crippen LogP contribution in [0.25, 0.3) is 0 Å². The predicted molar refractivity (Wildman–Crippen MR) is 93.8 cm³/mol. The van der Waals surface area contributed by atoms with E-state index < -0.39 is 0 Å². The van der Waals surface area contributed by atoms with Crippen molar-refractivity contribution in [3.63, 3.8) is 0 Å². The Morgan fingerprint density at radius 1 is 1.27 bits per heavy atom. The molecule has 0 aromatic heterocycles. The molecule has 22 heavy (non-hydrogen) atoms. The van der Waals surface area contributed by atoms with Gasteiger partial charge in [0.25, 0.3) is 0 Å². The predicted octanol–water partition coefficient (Wildman–Crippen LogP) is 2.58. The lowest BCUT2D eigenvalue weighted by atomic mass is 10.1. The number of anilines is 1. The largest absolute Gasteiger partial charge is 0.371 e. The van der Waals surface area contributed by atoms with Gasteiger partial charge in [0.05, 0.1) is 0 Å². The van der Waals surface area contributed by atoms with Gasteiger partial charge in [0.1, 0.15) is 0 Å². The van der Waals surface area contributed by atoms with Gasteiger partial charge in [0.2, 0.25) is 0 Å². The van der Waals surface area contributed by atoms with Gasteiger partial charge in [-0.3, -0.25) is 0 Å². The number of para-hydroxylation sites is 1. The summed E-state index contributed by atoms with van der Waals surface area (Å²) in [7, 11) is 0. The van der Waals surface area contributed by atoms with E-state index in [4.69, 9.17) is 0 Å². The third-order valence-electron chi connectivity index (χ3n) is 4.58. The molecule has 2 saturated heterocycles. The van der Waals surface area contributed by atoms with Crippen molar-refractivity contribution in [2.24, 2.45) is 5.92 Å². The Morgan fingerprint density at radius 3 is 2.82 bits per heavy atom. The highest BCUT2D eigenvalue weighted by Crippen LogP contribution is 2.26. The molecule has 2 aliphatic heterocycles. The topological polar surface area (TPSA) is 35.6 Å². The molecular formula is C17H25N3OS. The lowest BCUT2D eigenvalue weighted by molar-refractivity contribution is 0.201. The second kappa shape index (κ2) is 7.27. The SMILES string of the molecule is Cc1ccccc1N1CCC(CNC(=O)N2CCSCC2)C1. The van der Waals surface area contributed by atoms with Gasteiger partial charge < -0.3 is 15.1 Å². The first kappa shape index (κ1) is 15.5. The summed E-state index contributed by atoms with van der Waals surface area (Å²) >= 11 is 1.93. The first-order chi connectivity index (χ1) is 10.7. The Hall–Kier alpha value is -1.36. The van der Waals surface area contributed by atoms with Crippen molar-refractivity contribution < 1.29 is 4.79 Å². The van der Waals surface area contributed by atoms with E-state index in [1.54, 1.807) is 0 Å². The van der Waals surface area contributed by atoms with Crippen LogP contribution in [0.2, 0.25) is 0 Å². The van der Waals surface area contributed by atoms with E-state index in [1.807, 2.05) is 16.7 Å². The summed E-state index contributed by atoms with van der Waals surface area (Å²) in [5.41, 5.74) is 2.67. The van der Waals surface area contributed by atoms with Gasteiger partial charge in [-0.2, -0.15) is 11.8 Å². The van der Waals surface area contributed by atoms with Crippen molar-refractivity contribution in [3.05, 3.63) is 29.8 Å². The number of hydrogen-bond donors (Lipinski definition) is 1. The molecule has 2 heterocycles. The maximum absolute atomic E-state index is 12.2. The Labute approximate surface area is 137 Å². The maximum atomic E-state index is 12.2. The van der Waals surface area contributed by atoms with E-state index in [0.717, 1.165) is 50.7 Å². The molecule has 0 radical (unpaired) electrons. The van der Waals surface area contributed by atoms with E-state index in [1.165, 1.54) is 11.3 Å². The van der Waals surface area contributed by atoms with Gasteiger partial charge >= 0.3 is 6.03 Å². The Balaban J connectivity index is 1.47. The molecule has 0 saturated carbocycles. The minimum absolute atomic E-state index is 0.120. The highest BCUT2D eigenvalue weighted by atomic mass is 32.2. The van der Waals surface area contributed by atoms with Crippen molar-refractivity contribution in [3.8, 4) is 0 Å². The molecule has 0 spiro atoms. The average Bonchev–Trinajstić information content (AvgIpc) is 3.02. The molecule has 3 rings (SSSR count). The van der Waals surface area contributed by atoms with Crippen LogP contribution in [0, 0.1) is 12.8 Å². The zero-order chi connectivity index (χ0) is 15.4. The van der Waals surface area contributed by atoms with Gasteiger partial charge in [-0.25, -0.2) is 4.79 Å². The van der Waals surface area contributed by atoms with Crippen LogP contribution >= 0.6 is 11.8 Å². The number of nitrogens with zero attached hydrogens (tertiary/aromatic N) is 2. The molecule has 2 amide bonds. The van der Waals surface area contributed by atoms with E-state index in [2.05, 4.69) is 41.4 Å². The number of urea groups is 1. The lowest BCUT2D eigenvalue weighted by Gasteiger charge is -2.27. The van der Waals surface area contributed by atoms with Crippen LogP contribution in [0.15, 0.2) is 24.3 Å². The van der Waals surface area contributed by atoms with Crippen LogP contribution < -0.4 is 10.2 Å². The van der Waals surface area contributed by atoms with E-state index >= 15 is 0 Å². The van der Waals surface area contributed by atoms with Crippen LogP contribution in [-0.4, -0.2) is 55.2 Å². The first-order valence-electron chi connectivity index (χ1n) is 8.15. The molecule has 120 valence electrons. The van der Waals surface area contributed by atoms with E-state index in [0.29, 0.717) is 5.92 Å². The van der Waals surface area contributed by atoms with Gasteiger partial charge in [-0.15, -0.1) is 0 Å². The second-order valence-electron chi connectivity index (χ2n) is 6.17. The molecule has 1 N–H and O–H groups in total. The fourth-order valence-electron chi connectivity index (χ4n) is 3.25. The Bertz CT molecular complexity index is 516. The molecular weight excluding hydrogens is 294 g/mol. The summed E-state index contributed by atoms with van der Waals surface area (Å²) < 4.78 is 0. The summed E-state index contributed by atoms with van der Waals surface area (Å²) in [4.78, 5) is 16.5. The molecule has 0 aliphatic carbocycles. The summed E-state index contributed by atoms with van der Waals surface area (Å²) in [5.74, 6) is 2.69. The summed E-state index contributed by atoms with van der Waals surface area (Å²) in [6, 6.07) is 8.67. The van der Waals surface area contributed by atoms with Gasteiger partial charge in [-0.05, 0) is 30.9 Å². The van der Waals surface area contributed by atoms with Crippen molar-refractivity contribution in [1.29, 1.82) is 0 Å².